The second kappa shape index (κ2) is 7.79. The minimum absolute atomic E-state index is 0.0000505. The van der Waals surface area contributed by atoms with Crippen LogP contribution < -0.4 is 10.1 Å². The van der Waals surface area contributed by atoms with E-state index in [1.165, 1.54) is 11.8 Å². The molecule has 0 saturated carbocycles. The molecule has 1 aromatic carbocycles. The predicted octanol–water partition coefficient (Wildman–Crippen LogP) is 1.80. The maximum atomic E-state index is 12.5. The first-order chi connectivity index (χ1) is 11.7. The number of nitrogens with zero attached hydrogens (tertiary/aromatic N) is 2. The van der Waals surface area contributed by atoms with Crippen molar-refractivity contribution >= 4 is 23.7 Å². The van der Waals surface area contributed by atoms with E-state index in [1.54, 1.807) is 7.11 Å². The van der Waals surface area contributed by atoms with Crippen molar-refractivity contribution in [2.75, 3.05) is 39.0 Å². The molecule has 0 aromatic heterocycles. The van der Waals surface area contributed by atoms with Crippen molar-refractivity contribution in [1.82, 2.24) is 15.1 Å². The Kier molecular flexibility index (Phi) is 5.50. The van der Waals surface area contributed by atoms with Gasteiger partial charge in [-0.25, -0.2) is 4.79 Å². The van der Waals surface area contributed by atoms with Crippen LogP contribution in [0.25, 0.3) is 0 Å². The highest BCUT2D eigenvalue weighted by molar-refractivity contribution is 8.00. The van der Waals surface area contributed by atoms with E-state index in [1.807, 2.05) is 34.1 Å². The van der Waals surface area contributed by atoms with Gasteiger partial charge in [0, 0.05) is 31.1 Å². The van der Waals surface area contributed by atoms with E-state index in [0.29, 0.717) is 18.8 Å². The number of ether oxygens (including phenoxy) is 1. The van der Waals surface area contributed by atoms with E-state index < -0.39 is 0 Å². The van der Waals surface area contributed by atoms with E-state index >= 15 is 0 Å². The van der Waals surface area contributed by atoms with Crippen LogP contribution in [0, 0.1) is 0 Å². The van der Waals surface area contributed by atoms with Crippen molar-refractivity contribution in [3.63, 3.8) is 0 Å². The summed E-state index contributed by atoms with van der Waals surface area (Å²) in [5, 5.41) is 2.84. The van der Waals surface area contributed by atoms with Gasteiger partial charge in [-0.05, 0) is 31.0 Å². The van der Waals surface area contributed by atoms with Crippen LogP contribution in [-0.4, -0.2) is 66.8 Å². The van der Waals surface area contributed by atoms with Gasteiger partial charge in [-0.2, -0.15) is 0 Å². The topological polar surface area (TPSA) is 61.9 Å². The minimum atomic E-state index is 0.0000505. The number of hydrogen-bond donors (Lipinski definition) is 1. The SMILES string of the molecule is COc1cccc(SCC(=O)N2CCC[C@@H](N3CCNC3=O)C2)c1. The van der Waals surface area contributed by atoms with E-state index in [-0.39, 0.29) is 18.0 Å². The Balaban J connectivity index is 1.53. The minimum Gasteiger partial charge on any atom is -0.497 e. The summed E-state index contributed by atoms with van der Waals surface area (Å²) in [5.74, 6) is 1.34. The average Bonchev–Trinajstić information content (AvgIpc) is 3.06. The molecule has 3 rings (SSSR count). The van der Waals surface area contributed by atoms with Crippen LogP contribution in [0.15, 0.2) is 29.2 Å². The van der Waals surface area contributed by atoms with Gasteiger partial charge in [0.15, 0.2) is 0 Å². The van der Waals surface area contributed by atoms with Gasteiger partial charge < -0.3 is 19.9 Å². The smallest absolute Gasteiger partial charge is 0.317 e. The molecule has 0 radical (unpaired) electrons. The lowest BCUT2D eigenvalue weighted by molar-refractivity contribution is -0.130. The molecular formula is C17H23N3O3S. The van der Waals surface area contributed by atoms with Crippen LogP contribution in [0.1, 0.15) is 12.8 Å². The van der Waals surface area contributed by atoms with Gasteiger partial charge in [0.25, 0.3) is 0 Å². The Morgan fingerprint density at radius 1 is 1.42 bits per heavy atom. The first kappa shape index (κ1) is 17.0. The zero-order valence-corrected chi connectivity index (χ0v) is 14.7. The van der Waals surface area contributed by atoms with Crippen LogP contribution in [0.5, 0.6) is 5.75 Å². The molecule has 130 valence electrons. The molecule has 0 spiro atoms. The Bertz CT molecular complexity index is 610. The van der Waals surface area contributed by atoms with Gasteiger partial charge in [0.2, 0.25) is 5.91 Å². The van der Waals surface area contributed by atoms with Gasteiger partial charge in [-0.3, -0.25) is 4.79 Å². The van der Waals surface area contributed by atoms with Crippen molar-refractivity contribution in [1.29, 1.82) is 0 Å². The summed E-state index contributed by atoms with van der Waals surface area (Å²) >= 11 is 1.52. The molecule has 3 amide bonds. The number of hydrogen-bond acceptors (Lipinski definition) is 4. The number of carbonyl (C=O) groups is 2. The fourth-order valence-electron chi connectivity index (χ4n) is 3.20. The summed E-state index contributed by atoms with van der Waals surface area (Å²) in [4.78, 5) is 29.1. The third-order valence-corrected chi connectivity index (χ3v) is 5.46. The summed E-state index contributed by atoms with van der Waals surface area (Å²) in [7, 11) is 1.64. The molecule has 1 N–H and O–H groups in total. The number of piperidine rings is 1. The second-order valence-corrected chi connectivity index (χ2v) is 7.08. The number of thioether (sulfide) groups is 1. The van der Waals surface area contributed by atoms with E-state index in [2.05, 4.69) is 5.32 Å². The van der Waals surface area contributed by atoms with Crippen LogP contribution in [0.3, 0.4) is 0 Å². The lowest BCUT2D eigenvalue weighted by Crippen LogP contribution is -2.51. The Labute approximate surface area is 146 Å². The van der Waals surface area contributed by atoms with Gasteiger partial charge in [0.1, 0.15) is 5.75 Å². The van der Waals surface area contributed by atoms with Gasteiger partial charge in [-0.1, -0.05) is 6.07 Å². The summed E-state index contributed by atoms with van der Waals surface area (Å²) < 4.78 is 5.21. The van der Waals surface area contributed by atoms with Gasteiger partial charge in [-0.15, -0.1) is 11.8 Å². The molecule has 1 atom stereocenters. The molecule has 2 heterocycles. The monoisotopic (exact) mass is 349 g/mol. The summed E-state index contributed by atoms with van der Waals surface area (Å²) in [6, 6.07) is 7.88. The summed E-state index contributed by atoms with van der Waals surface area (Å²) in [5.41, 5.74) is 0. The fraction of sp³-hybridized carbons (Fsp3) is 0.529. The number of amides is 3. The largest absolute Gasteiger partial charge is 0.497 e. The first-order valence-electron chi connectivity index (χ1n) is 8.26. The number of benzene rings is 1. The molecule has 6 nitrogen and oxygen atoms in total. The lowest BCUT2D eigenvalue weighted by atomic mass is 10.0. The third kappa shape index (κ3) is 3.95. The van der Waals surface area contributed by atoms with E-state index in [0.717, 1.165) is 36.6 Å². The molecule has 2 saturated heterocycles. The normalized spacial score (nSPS) is 20.9. The standard InChI is InChI=1S/C17H23N3O3S/c1-23-14-5-2-6-15(10-14)24-12-16(21)19-8-3-4-13(11-19)20-9-7-18-17(20)22/h2,5-6,10,13H,3-4,7-9,11-12H2,1H3,(H,18,22)/t13-/m1/s1. The second-order valence-electron chi connectivity index (χ2n) is 6.03. The zero-order valence-electron chi connectivity index (χ0n) is 13.9. The highest BCUT2D eigenvalue weighted by Gasteiger charge is 2.32. The van der Waals surface area contributed by atoms with Crippen molar-refractivity contribution in [2.45, 2.75) is 23.8 Å². The maximum absolute atomic E-state index is 12.5. The third-order valence-electron chi connectivity index (χ3n) is 4.48. The Hall–Kier alpha value is -1.89. The zero-order chi connectivity index (χ0) is 16.9. The molecule has 0 bridgehead atoms. The molecule has 1 aromatic rings. The summed E-state index contributed by atoms with van der Waals surface area (Å²) in [6.45, 7) is 2.87. The fourth-order valence-corrected chi connectivity index (χ4v) is 4.04. The molecule has 0 unspecified atom stereocenters. The van der Waals surface area contributed by atoms with E-state index in [4.69, 9.17) is 4.74 Å². The molecule has 2 aliphatic heterocycles. The molecule has 7 heteroatoms. The quantitative estimate of drug-likeness (QED) is 0.824. The number of rotatable bonds is 5. The summed E-state index contributed by atoms with van der Waals surface area (Å²) in [6.07, 6.45) is 1.92. The molecule has 2 fully saturated rings. The number of urea groups is 1. The van der Waals surface area contributed by atoms with Gasteiger partial charge in [0.05, 0.1) is 18.9 Å². The Morgan fingerprint density at radius 2 is 2.29 bits per heavy atom. The maximum Gasteiger partial charge on any atom is 0.317 e. The van der Waals surface area contributed by atoms with Crippen molar-refractivity contribution in [2.24, 2.45) is 0 Å². The van der Waals surface area contributed by atoms with Crippen LogP contribution in [-0.2, 0) is 4.79 Å². The first-order valence-corrected chi connectivity index (χ1v) is 9.25. The van der Waals surface area contributed by atoms with Crippen molar-refractivity contribution in [3.05, 3.63) is 24.3 Å². The molecule has 0 aliphatic carbocycles. The van der Waals surface area contributed by atoms with Crippen LogP contribution in [0.2, 0.25) is 0 Å². The highest BCUT2D eigenvalue weighted by atomic mass is 32.2. The molecular weight excluding hydrogens is 326 g/mol. The average molecular weight is 349 g/mol. The molecule has 24 heavy (non-hydrogen) atoms. The number of methoxy groups -OCH3 is 1. The lowest BCUT2D eigenvalue weighted by Gasteiger charge is -2.37. The van der Waals surface area contributed by atoms with E-state index in [9.17, 15) is 9.59 Å². The van der Waals surface area contributed by atoms with Gasteiger partial charge >= 0.3 is 6.03 Å². The number of carbonyl (C=O) groups excluding carboxylic acids is 2. The van der Waals surface area contributed by atoms with Crippen molar-refractivity contribution in [3.8, 4) is 5.75 Å². The molecule has 2 aliphatic rings. The number of nitrogens with one attached hydrogen (secondary N) is 1. The highest BCUT2D eigenvalue weighted by Crippen LogP contribution is 2.24. The predicted molar refractivity (Wildman–Crippen MR) is 93.4 cm³/mol. The Morgan fingerprint density at radius 3 is 3.04 bits per heavy atom. The number of likely N-dealkylation sites (tertiary alicyclic amines) is 1. The van der Waals surface area contributed by atoms with Crippen LogP contribution >= 0.6 is 11.8 Å². The van der Waals surface area contributed by atoms with Crippen molar-refractivity contribution < 1.29 is 14.3 Å². The van der Waals surface area contributed by atoms with Crippen LogP contribution in [0.4, 0.5) is 4.79 Å².